The second-order valence-corrected chi connectivity index (χ2v) is 7.71. The summed E-state index contributed by atoms with van der Waals surface area (Å²) in [5.41, 5.74) is 0.322. The van der Waals surface area contributed by atoms with E-state index in [2.05, 4.69) is 4.90 Å². The molecule has 150 valence electrons. The molecular weight excluding hydrogens is 402 g/mol. The van der Waals surface area contributed by atoms with Gasteiger partial charge in [-0.25, -0.2) is 0 Å². The lowest BCUT2D eigenvalue weighted by atomic mass is 9.89. The lowest BCUT2D eigenvalue weighted by Gasteiger charge is -2.26. The number of halogens is 1. The summed E-state index contributed by atoms with van der Waals surface area (Å²) in [6.45, 7) is 3.52. The molecule has 28 heavy (non-hydrogen) atoms. The van der Waals surface area contributed by atoms with E-state index in [1.807, 2.05) is 24.4 Å². The Morgan fingerprint density at radius 1 is 1.29 bits per heavy atom. The molecule has 0 saturated carbocycles. The van der Waals surface area contributed by atoms with E-state index in [1.165, 1.54) is 23.5 Å². The van der Waals surface area contributed by atoms with Gasteiger partial charge >= 0.3 is 0 Å². The van der Waals surface area contributed by atoms with Crippen molar-refractivity contribution in [3.8, 4) is 22.1 Å². The summed E-state index contributed by atoms with van der Waals surface area (Å²) in [6.07, 6.45) is 0.722. The maximum absolute atomic E-state index is 12.7. The van der Waals surface area contributed by atoms with Crippen LogP contribution in [0, 0.1) is 0 Å². The van der Waals surface area contributed by atoms with Crippen LogP contribution in [0.4, 0.5) is 0 Å². The Kier molecular flexibility index (Phi) is 6.00. The van der Waals surface area contributed by atoms with E-state index in [1.54, 1.807) is 0 Å². The molecule has 3 N–H and O–H groups in total. The highest BCUT2D eigenvalue weighted by atomic mass is 35.5. The van der Waals surface area contributed by atoms with Crippen molar-refractivity contribution in [1.29, 1.82) is 0 Å². The van der Waals surface area contributed by atoms with Crippen molar-refractivity contribution in [2.75, 3.05) is 19.7 Å². The number of thiophene rings is 1. The van der Waals surface area contributed by atoms with Gasteiger partial charge in [-0.2, -0.15) is 0 Å². The van der Waals surface area contributed by atoms with E-state index >= 15 is 0 Å². The van der Waals surface area contributed by atoms with Gasteiger partial charge < -0.3 is 19.7 Å². The SMILES string of the molecule is CCN1CC[C@H](c2c(O)cc(O)c3c(=O)cc(-c4cccs4)oc23)[C@H]1CO.Cl. The predicted octanol–water partition coefficient (Wildman–Crippen LogP) is 3.52. The van der Waals surface area contributed by atoms with Crippen molar-refractivity contribution in [3.05, 3.63) is 45.4 Å². The van der Waals surface area contributed by atoms with Crippen LogP contribution < -0.4 is 5.43 Å². The maximum atomic E-state index is 12.7. The van der Waals surface area contributed by atoms with E-state index < -0.39 is 0 Å². The number of phenolic OH excluding ortho intramolecular Hbond substituents is 2. The quantitative estimate of drug-likeness (QED) is 0.594. The summed E-state index contributed by atoms with van der Waals surface area (Å²) >= 11 is 1.44. The highest BCUT2D eigenvalue weighted by molar-refractivity contribution is 7.13. The number of fused-ring (bicyclic) bond motifs is 1. The van der Waals surface area contributed by atoms with Crippen LogP contribution >= 0.6 is 23.7 Å². The number of phenols is 2. The normalized spacial score (nSPS) is 19.8. The Bertz CT molecular complexity index is 1030. The van der Waals surface area contributed by atoms with Crippen LogP contribution in [-0.4, -0.2) is 46.0 Å². The molecule has 0 bridgehead atoms. The molecule has 0 radical (unpaired) electrons. The zero-order valence-electron chi connectivity index (χ0n) is 15.3. The number of aromatic hydroxyl groups is 2. The number of nitrogens with zero attached hydrogens (tertiary/aromatic N) is 1. The Labute approximate surface area is 172 Å². The number of aliphatic hydroxyl groups is 1. The molecule has 0 spiro atoms. The molecule has 1 aromatic carbocycles. The number of rotatable bonds is 4. The third kappa shape index (κ3) is 3.28. The van der Waals surface area contributed by atoms with Gasteiger partial charge in [0.05, 0.1) is 11.5 Å². The van der Waals surface area contributed by atoms with Gasteiger partial charge in [0.1, 0.15) is 28.2 Å². The van der Waals surface area contributed by atoms with Gasteiger partial charge in [-0.15, -0.1) is 23.7 Å². The summed E-state index contributed by atoms with van der Waals surface area (Å²) in [4.78, 5) is 15.6. The zero-order valence-corrected chi connectivity index (χ0v) is 16.9. The molecule has 2 atom stereocenters. The smallest absolute Gasteiger partial charge is 0.197 e. The molecular formula is C20H22ClNO5S. The fourth-order valence-electron chi connectivity index (χ4n) is 4.11. The molecule has 2 aromatic heterocycles. The van der Waals surface area contributed by atoms with E-state index in [0.717, 1.165) is 24.4 Å². The van der Waals surface area contributed by atoms with Crippen LogP contribution in [0.3, 0.4) is 0 Å². The standard InChI is InChI=1S/C20H21NO5S.ClH/c1-2-21-6-5-11(12(21)10-22)18-13(23)8-14(24)19-15(25)9-16(26-20(18)19)17-4-3-7-27-17;/h3-4,7-9,11-12,22-24H,2,5-6,10H2,1H3;1H/t11-,12+;/m0./s1. The minimum atomic E-state index is -0.357. The molecule has 1 saturated heterocycles. The van der Waals surface area contributed by atoms with Gasteiger partial charge in [-0.05, 0) is 31.0 Å². The molecule has 4 rings (SSSR count). The number of benzene rings is 1. The third-order valence-electron chi connectivity index (χ3n) is 5.39. The van der Waals surface area contributed by atoms with Crippen LogP contribution in [0.25, 0.3) is 21.6 Å². The summed E-state index contributed by atoms with van der Waals surface area (Å²) < 4.78 is 6.04. The molecule has 0 unspecified atom stereocenters. The lowest BCUT2D eigenvalue weighted by molar-refractivity contribution is 0.155. The van der Waals surface area contributed by atoms with Gasteiger partial charge in [0.25, 0.3) is 0 Å². The van der Waals surface area contributed by atoms with Crippen molar-refractivity contribution >= 4 is 34.7 Å². The molecule has 1 aliphatic heterocycles. The predicted molar refractivity (Wildman–Crippen MR) is 112 cm³/mol. The first-order chi connectivity index (χ1) is 13.0. The summed E-state index contributed by atoms with van der Waals surface area (Å²) in [6, 6.07) is 6.10. The topological polar surface area (TPSA) is 94.1 Å². The van der Waals surface area contributed by atoms with Crippen LogP contribution in [0.15, 0.2) is 38.9 Å². The summed E-state index contributed by atoms with van der Waals surface area (Å²) in [7, 11) is 0. The number of hydrogen-bond donors (Lipinski definition) is 3. The highest BCUT2D eigenvalue weighted by Crippen LogP contribution is 2.44. The molecule has 1 aliphatic rings. The third-order valence-corrected chi connectivity index (χ3v) is 6.27. The number of hydrogen-bond acceptors (Lipinski definition) is 7. The van der Waals surface area contributed by atoms with Crippen molar-refractivity contribution < 1.29 is 19.7 Å². The van der Waals surface area contributed by atoms with Crippen LogP contribution in [0.2, 0.25) is 0 Å². The molecule has 0 aliphatic carbocycles. The van der Waals surface area contributed by atoms with Crippen molar-refractivity contribution in [2.24, 2.45) is 0 Å². The minimum Gasteiger partial charge on any atom is -0.507 e. The summed E-state index contributed by atoms with van der Waals surface area (Å²) in [5, 5.41) is 32.7. The maximum Gasteiger partial charge on any atom is 0.197 e. The van der Waals surface area contributed by atoms with Crippen LogP contribution in [0.5, 0.6) is 11.5 Å². The summed E-state index contributed by atoms with van der Waals surface area (Å²) in [5.74, 6) is -0.212. The zero-order chi connectivity index (χ0) is 19.1. The lowest BCUT2D eigenvalue weighted by Crippen LogP contribution is -2.35. The fraction of sp³-hybridized carbons (Fsp3) is 0.350. The molecule has 1 fully saturated rings. The van der Waals surface area contributed by atoms with Crippen molar-refractivity contribution in [3.63, 3.8) is 0 Å². The van der Waals surface area contributed by atoms with E-state index in [0.29, 0.717) is 11.3 Å². The Morgan fingerprint density at radius 3 is 2.71 bits per heavy atom. The average Bonchev–Trinajstić information content (AvgIpc) is 3.30. The van der Waals surface area contributed by atoms with Crippen LogP contribution in [0.1, 0.15) is 24.8 Å². The van der Waals surface area contributed by atoms with Gasteiger partial charge in [0.15, 0.2) is 5.43 Å². The van der Waals surface area contributed by atoms with Gasteiger partial charge in [-0.3, -0.25) is 9.69 Å². The van der Waals surface area contributed by atoms with E-state index in [-0.39, 0.29) is 58.9 Å². The van der Waals surface area contributed by atoms with E-state index in [4.69, 9.17) is 4.42 Å². The average molecular weight is 424 g/mol. The molecule has 8 heteroatoms. The Hall–Kier alpha value is -2.06. The Morgan fingerprint density at radius 2 is 2.07 bits per heavy atom. The first-order valence-corrected chi connectivity index (χ1v) is 9.84. The molecule has 0 amide bonds. The minimum absolute atomic E-state index is 0. The van der Waals surface area contributed by atoms with Crippen molar-refractivity contribution in [1.82, 2.24) is 4.90 Å². The molecule has 3 heterocycles. The second kappa shape index (κ2) is 8.13. The number of likely N-dealkylation sites (N-methyl/N-ethyl adjacent to an activating group) is 1. The van der Waals surface area contributed by atoms with E-state index in [9.17, 15) is 20.1 Å². The molecule has 6 nitrogen and oxygen atoms in total. The monoisotopic (exact) mass is 423 g/mol. The van der Waals surface area contributed by atoms with Crippen LogP contribution in [-0.2, 0) is 0 Å². The number of aliphatic hydroxyl groups excluding tert-OH is 1. The second-order valence-electron chi connectivity index (χ2n) is 6.76. The van der Waals surface area contributed by atoms with Gasteiger partial charge in [0, 0.05) is 29.7 Å². The Balaban J connectivity index is 0.00000225. The molecule has 3 aromatic rings. The largest absolute Gasteiger partial charge is 0.507 e. The number of likely N-dealkylation sites (tertiary alicyclic amines) is 1. The van der Waals surface area contributed by atoms with Gasteiger partial charge in [-0.1, -0.05) is 13.0 Å². The fourth-order valence-corrected chi connectivity index (χ4v) is 4.79. The van der Waals surface area contributed by atoms with Gasteiger partial charge in [0.2, 0.25) is 0 Å². The van der Waals surface area contributed by atoms with Crippen molar-refractivity contribution in [2.45, 2.75) is 25.3 Å². The first-order valence-electron chi connectivity index (χ1n) is 8.96. The first kappa shape index (κ1) is 20.7. The highest BCUT2D eigenvalue weighted by Gasteiger charge is 2.37.